The standard InChI is InChI=1S/C33H34Cl2N2O5/c1-6-8-21(32(40)41)15-24-28(31(39)33(3,4)5)27-17-23(42-18-22-10-7-9-19(2)36-22)13-14-37(27)29(24)30(38)20-11-12-25(34)26(35)16-20/h7,9-14,16-17,21H,6,8,15,18H2,1-5H3,(H,40,41). The highest BCUT2D eigenvalue weighted by molar-refractivity contribution is 6.42. The molecule has 4 aromatic rings. The second-order valence-corrected chi connectivity index (χ2v) is 12.3. The van der Waals surface area contributed by atoms with Crippen molar-refractivity contribution in [3.05, 3.63) is 98.5 Å². The maximum absolute atomic E-state index is 14.1. The number of hydrogen-bond acceptors (Lipinski definition) is 5. The van der Waals surface area contributed by atoms with E-state index in [1.807, 2.05) is 32.0 Å². The second-order valence-electron chi connectivity index (χ2n) is 11.4. The van der Waals surface area contributed by atoms with Crippen LogP contribution in [0.5, 0.6) is 5.75 Å². The zero-order valence-corrected chi connectivity index (χ0v) is 25.8. The second kappa shape index (κ2) is 12.7. The van der Waals surface area contributed by atoms with Gasteiger partial charge in [-0.25, -0.2) is 0 Å². The summed E-state index contributed by atoms with van der Waals surface area (Å²) in [4.78, 5) is 45.0. The van der Waals surface area contributed by atoms with Gasteiger partial charge in [-0.2, -0.15) is 0 Å². The van der Waals surface area contributed by atoms with Crippen LogP contribution in [0.1, 0.15) is 83.9 Å². The number of benzene rings is 1. The maximum atomic E-state index is 14.1. The summed E-state index contributed by atoms with van der Waals surface area (Å²) in [6.07, 6.45) is 2.71. The van der Waals surface area contributed by atoms with Gasteiger partial charge in [0.05, 0.1) is 32.9 Å². The fourth-order valence-electron chi connectivity index (χ4n) is 4.97. The molecule has 0 aliphatic rings. The molecule has 9 heteroatoms. The van der Waals surface area contributed by atoms with Gasteiger partial charge in [-0.1, -0.05) is 63.4 Å². The predicted octanol–water partition coefficient (Wildman–Crippen LogP) is 8.03. The van der Waals surface area contributed by atoms with Gasteiger partial charge >= 0.3 is 5.97 Å². The highest BCUT2D eigenvalue weighted by atomic mass is 35.5. The SMILES string of the molecule is CCCC(Cc1c(C(=O)C(C)(C)C)c2cc(OCc3cccc(C)n3)ccn2c1C(=O)c1ccc(Cl)c(Cl)c1)C(=O)O. The number of Topliss-reactive ketones (excluding diaryl/α,β-unsaturated/α-hetero) is 1. The first-order chi connectivity index (χ1) is 19.8. The number of ether oxygens (including phenoxy) is 1. The predicted molar refractivity (Wildman–Crippen MR) is 164 cm³/mol. The number of aryl methyl sites for hydroxylation is 1. The largest absolute Gasteiger partial charge is 0.487 e. The number of ketones is 2. The lowest BCUT2D eigenvalue weighted by Crippen LogP contribution is -2.24. The van der Waals surface area contributed by atoms with Crippen molar-refractivity contribution in [1.82, 2.24) is 9.38 Å². The van der Waals surface area contributed by atoms with Crippen LogP contribution in [0.15, 0.2) is 54.7 Å². The molecule has 1 atom stereocenters. The number of carboxylic acid groups (broad SMARTS) is 1. The quantitative estimate of drug-likeness (QED) is 0.173. The zero-order chi connectivity index (χ0) is 30.8. The molecule has 0 saturated carbocycles. The minimum absolute atomic E-state index is 0.00774. The van der Waals surface area contributed by atoms with E-state index in [0.717, 1.165) is 11.4 Å². The fourth-order valence-corrected chi connectivity index (χ4v) is 5.27. The van der Waals surface area contributed by atoms with Crippen molar-refractivity contribution < 1.29 is 24.2 Å². The van der Waals surface area contributed by atoms with Crippen LogP contribution in [0.4, 0.5) is 0 Å². The van der Waals surface area contributed by atoms with Crippen molar-refractivity contribution in [2.24, 2.45) is 11.3 Å². The third kappa shape index (κ3) is 6.69. The summed E-state index contributed by atoms with van der Waals surface area (Å²) in [7, 11) is 0. The number of halogens is 2. The molecule has 220 valence electrons. The number of aromatic nitrogens is 2. The van der Waals surface area contributed by atoms with E-state index in [1.165, 1.54) is 12.1 Å². The summed E-state index contributed by atoms with van der Waals surface area (Å²) in [5, 5.41) is 10.6. The number of aliphatic carboxylic acids is 1. The Bertz CT molecular complexity index is 1670. The van der Waals surface area contributed by atoms with Crippen LogP contribution in [0, 0.1) is 18.3 Å². The van der Waals surface area contributed by atoms with Crippen molar-refractivity contribution in [3.8, 4) is 5.75 Å². The Morgan fingerprint density at radius 3 is 2.40 bits per heavy atom. The summed E-state index contributed by atoms with van der Waals surface area (Å²) in [6.45, 7) is 9.41. The molecule has 0 amide bonds. The summed E-state index contributed by atoms with van der Waals surface area (Å²) in [5.74, 6) is -1.90. The molecule has 7 nitrogen and oxygen atoms in total. The highest BCUT2D eigenvalue weighted by Crippen LogP contribution is 2.36. The molecule has 3 heterocycles. The van der Waals surface area contributed by atoms with Crippen LogP contribution < -0.4 is 4.74 Å². The monoisotopic (exact) mass is 608 g/mol. The van der Waals surface area contributed by atoms with Gasteiger partial charge < -0.3 is 14.2 Å². The molecule has 1 N–H and O–H groups in total. The Labute approximate surface area is 255 Å². The Kier molecular flexibility index (Phi) is 9.43. The third-order valence-corrected chi connectivity index (χ3v) is 7.82. The van der Waals surface area contributed by atoms with Gasteiger partial charge in [0, 0.05) is 34.5 Å². The van der Waals surface area contributed by atoms with Gasteiger partial charge in [-0.15, -0.1) is 0 Å². The Morgan fingerprint density at radius 2 is 1.79 bits per heavy atom. The van der Waals surface area contributed by atoms with E-state index in [1.54, 1.807) is 49.6 Å². The number of pyridine rings is 2. The Balaban J connectivity index is 1.96. The van der Waals surface area contributed by atoms with Crippen LogP contribution in [-0.2, 0) is 17.8 Å². The lowest BCUT2D eigenvalue weighted by atomic mass is 9.82. The molecule has 0 spiro atoms. The van der Waals surface area contributed by atoms with Crippen molar-refractivity contribution in [2.75, 3.05) is 0 Å². The average Bonchev–Trinajstić information content (AvgIpc) is 3.24. The first-order valence-electron chi connectivity index (χ1n) is 13.8. The molecule has 0 radical (unpaired) electrons. The van der Waals surface area contributed by atoms with Crippen LogP contribution in [0.3, 0.4) is 0 Å². The van der Waals surface area contributed by atoms with Gasteiger partial charge in [-0.05, 0) is 61.7 Å². The van der Waals surface area contributed by atoms with Crippen LogP contribution >= 0.6 is 23.2 Å². The Hall–Kier alpha value is -3.68. The van der Waals surface area contributed by atoms with Crippen LogP contribution in [0.25, 0.3) is 5.52 Å². The topological polar surface area (TPSA) is 98.0 Å². The number of rotatable bonds is 11. The molecule has 1 aromatic carbocycles. The van der Waals surface area contributed by atoms with Gasteiger partial charge in [0.15, 0.2) is 5.78 Å². The summed E-state index contributed by atoms with van der Waals surface area (Å²) in [5.41, 5.74) is 2.45. The molecular weight excluding hydrogens is 575 g/mol. The molecule has 1 unspecified atom stereocenters. The van der Waals surface area contributed by atoms with E-state index in [0.29, 0.717) is 40.3 Å². The van der Waals surface area contributed by atoms with Gasteiger partial charge in [0.25, 0.3) is 0 Å². The number of hydrogen-bond donors (Lipinski definition) is 1. The smallest absolute Gasteiger partial charge is 0.306 e. The van der Waals surface area contributed by atoms with E-state index in [2.05, 4.69) is 4.98 Å². The molecule has 0 fully saturated rings. The van der Waals surface area contributed by atoms with E-state index < -0.39 is 23.1 Å². The van der Waals surface area contributed by atoms with Crippen molar-refractivity contribution in [3.63, 3.8) is 0 Å². The Morgan fingerprint density at radius 1 is 1.05 bits per heavy atom. The zero-order valence-electron chi connectivity index (χ0n) is 24.3. The fraction of sp³-hybridized carbons (Fsp3) is 0.333. The molecule has 0 aliphatic carbocycles. The number of nitrogens with zero attached hydrogens (tertiary/aromatic N) is 2. The molecular formula is C33H34Cl2N2O5. The lowest BCUT2D eigenvalue weighted by molar-refractivity contribution is -0.141. The summed E-state index contributed by atoms with van der Waals surface area (Å²) in [6, 6.07) is 13.7. The number of fused-ring (bicyclic) bond motifs is 1. The number of carbonyl (C=O) groups excluding carboxylic acids is 2. The van der Waals surface area contributed by atoms with E-state index in [-0.39, 0.29) is 35.1 Å². The maximum Gasteiger partial charge on any atom is 0.306 e. The van der Waals surface area contributed by atoms with E-state index in [9.17, 15) is 19.5 Å². The van der Waals surface area contributed by atoms with Crippen molar-refractivity contribution >= 4 is 46.3 Å². The molecule has 4 rings (SSSR count). The van der Waals surface area contributed by atoms with Crippen molar-refractivity contribution in [1.29, 1.82) is 0 Å². The van der Waals surface area contributed by atoms with Gasteiger partial charge in [0.1, 0.15) is 12.4 Å². The molecule has 0 aliphatic heterocycles. The molecule has 0 bridgehead atoms. The molecule has 42 heavy (non-hydrogen) atoms. The number of carboxylic acids is 1. The molecule has 0 saturated heterocycles. The minimum Gasteiger partial charge on any atom is -0.487 e. The van der Waals surface area contributed by atoms with Crippen LogP contribution in [0.2, 0.25) is 10.0 Å². The third-order valence-electron chi connectivity index (χ3n) is 7.09. The summed E-state index contributed by atoms with van der Waals surface area (Å²) < 4.78 is 7.71. The van der Waals surface area contributed by atoms with Gasteiger partial charge in [0.2, 0.25) is 5.78 Å². The minimum atomic E-state index is -0.983. The van der Waals surface area contributed by atoms with Crippen LogP contribution in [-0.4, -0.2) is 32.0 Å². The van der Waals surface area contributed by atoms with Crippen molar-refractivity contribution in [2.45, 2.75) is 60.5 Å². The normalized spacial score (nSPS) is 12.4. The highest BCUT2D eigenvalue weighted by Gasteiger charge is 2.35. The summed E-state index contributed by atoms with van der Waals surface area (Å²) >= 11 is 12.4. The lowest BCUT2D eigenvalue weighted by Gasteiger charge is -2.19. The van der Waals surface area contributed by atoms with E-state index >= 15 is 0 Å². The number of carbonyl (C=O) groups is 3. The van der Waals surface area contributed by atoms with Gasteiger partial charge in [-0.3, -0.25) is 19.4 Å². The molecule has 3 aromatic heterocycles. The first-order valence-corrected chi connectivity index (χ1v) is 14.6. The van der Waals surface area contributed by atoms with E-state index in [4.69, 9.17) is 27.9 Å². The average molecular weight is 610 g/mol. The first kappa shape index (κ1) is 31.3.